The summed E-state index contributed by atoms with van der Waals surface area (Å²) in [6.45, 7) is 16.8. The summed E-state index contributed by atoms with van der Waals surface area (Å²) in [5, 5.41) is 18.4. The lowest BCUT2D eigenvalue weighted by molar-refractivity contribution is -0.0156. The zero-order valence-corrected chi connectivity index (χ0v) is 35.0. The largest absolute Gasteiger partial charge is 0.477 e. The van der Waals surface area contributed by atoms with Crippen molar-refractivity contribution in [2.75, 3.05) is 46.2 Å². The highest BCUT2D eigenvalue weighted by Crippen LogP contribution is 2.50. The molecule has 0 radical (unpaired) electrons. The van der Waals surface area contributed by atoms with Gasteiger partial charge in [-0.3, -0.25) is 9.05 Å². The summed E-state index contributed by atoms with van der Waals surface area (Å²) in [5.41, 5.74) is 1.28. The highest BCUT2D eigenvalue weighted by atomic mass is 32.2. The van der Waals surface area contributed by atoms with Gasteiger partial charge in [-0.1, -0.05) is 77.8 Å². The molecule has 2 fully saturated rings. The Hall–Kier alpha value is -2.69. The molecule has 5 rings (SSSR count). The van der Waals surface area contributed by atoms with E-state index in [0.29, 0.717) is 37.3 Å². The summed E-state index contributed by atoms with van der Waals surface area (Å²) in [6, 6.07) is 8.88. The number of phosphoric ester groups is 1. The molecule has 2 aliphatic heterocycles. The molecule has 2 heterocycles. The molecular weight excluding hydrogens is 756 g/mol. The lowest BCUT2D eigenvalue weighted by atomic mass is 9.83. The molecule has 2 saturated heterocycles. The SMILES string of the molecule is CC(C)COP(=O)(OCO/N=C1/c2ccc(S(=O)(=O)N3CC(C)C[C@@H](C)C3)cc2/C(=N\O)c2cc(S(=O)(=O)N3C[C@H](C)C[C@H](C)C3)ccc21)OCC(C)C. The highest BCUT2D eigenvalue weighted by molar-refractivity contribution is 7.89. The Labute approximate surface area is 320 Å². The summed E-state index contributed by atoms with van der Waals surface area (Å²) in [5.74, 6) is 0.800. The van der Waals surface area contributed by atoms with Crippen LogP contribution in [0.5, 0.6) is 0 Å². The van der Waals surface area contributed by atoms with Crippen molar-refractivity contribution in [3.63, 3.8) is 0 Å². The first-order chi connectivity index (χ1) is 25.3. The molecule has 0 amide bonds. The van der Waals surface area contributed by atoms with E-state index < -0.39 is 34.7 Å². The van der Waals surface area contributed by atoms with Crippen LogP contribution < -0.4 is 0 Å². The van der Waals surface area contributed by atoms with Crippen LogP contribution in [-0.2, 0) is 43.0 Å². The van der Waals surface area contributed by atoms with Gasteiger partial charge < -0.3 is 10.0 Å². The van der Waals surface area contributed by atoms with E-state index in [-0.39, 0.29) is 81.1 Å². The molecule has 0 spiro atoms. The van der Waals surface area contributed by atoms with Crippen LogP contribution >= 0.6 is 7.82 Å². The van der Waals surface area contributed by atoms with Gasteiger partial charge in [0.2, 0.25) is 26.8 Å². The Morgan fingerprint density at radius 2 is 1.09 bits per heavy atom. The second-order valence-corrected chi connectivity index (χ2v) is 21.6. The average Bonchev–Trinajstić information content (AvgIpc) is 3.10. The van der Waals surface area contributed by atoms with Gasteiger partial charge in [-0.25, -0.2) is 25.9 Å². The first-order valence-corrected chi connectivity index (χ1v) is 22.9. The van der Waals surface area contributed by atoms with Crippen molar-refractivity contribution in [2.45, 2.75) is 78.0 Å². The van der Waals surface area contributed by atoms with E-state index in [1.807, 2.05) is 55.4 Å². The van der Waals surface area contributed by atoms with Gasteiger partial charge in [0, 0.05) is 48.4 Å². The Morgan fingerprint density at radius 3 is 1.46 bits per heavy atom. The molecule has 1 aliphatic carbocycles. The fourth-order valence-electron chi connectivity index (χ4n) is 7.34. The number of benzene rings is 2. The maximum Gasteiger partial charge on any atom is 0.477 e. The molecule has 0 saturated carbocycles. The number of phosphoric acid groups is 1. The van der Waals surface area contributed by atoms with Crippen LogP contribution in [0.2, 0.25) is 0 Å². The first-order valence-electron chi connectivity index (χ1n) is 18.6. The predicted molar refractivity (Wildman–Crippen MR) is 206 cm³/mol. The lowest BCUT2D eigenvalue weighted by Crippen LogP contribution is -2.42. The van der Waals surface area contributed by atoms with E-state index in [4.69, 9.17) is 18.4 Å². The summed E-state index contributed by atoms with van der Waals surface area (Å²) in [6.07, 6.45) is 1.84. The van der Waals surface area contributed by atoms with E-state index in [1.165, 1.54) is 32.9 Å². The molecule has 300 valence electrons. The summed E-state index contributed by atoms with van der Waals surface area (Å²) in [7, 11) is -12.0. The minimum atomic E-state index is -4.03. The third kappa shape index (κ3) is 9.63. The average molecular weight is 811 g/mol. The van der Waals surface area contributed by atoms with Crippen LogP contribution in [0.1, 0.15) is 90.5 Å². The molecule has 54 heavy (non-hydrogen) atoms. The normalized spacial score (nSPS) is 24.6. The number of piperidine rings is 2. The molecule has 1 unspecified atom stereocenters. The monoisotopic (exact) mass is 810 g/mol. The van der Waals surface area contributed by atoms with Crippen molar-refractivity contribution >= 4 is 39.3 Å². The van der Waals surface area contributed by atoms with Gasteiger partial charge in [-0.2, -0.15) is 8.61 Å². The molecule has 2 aromatic carbocycles. The molecule has 0 aromatic heterocycles. The molecule has 2 aromatic rings. The van der Waals surface area contributed by atoms with Gasteiger partial charge in [-0.05, 0) is 72.6 Å². The second kappa shape index (κ2) is 17.2. The quantitative estimate of drug-likeness (QED) is 0.0603. The highest BCUT2D eigenvalue weighted by Gasteiger charge is 2.37. The molecular formula is C37H55N4O10PS2. The number of fused-ring (bicyclic) bond motifs is 2. The Balaban J connectivity index is 1.56. The number of nitrogens with zero attached hydrogens (tertiary/aromatic N) is 4. The van der Waals surface area contributed by atoms with Gasteiger partial charge in [0.1, 0.15) is 11.4 Å². The van der Waals surface area contributed by atoms with Crippen molar-refractivity contribution in [3.05, 3.63) is 58.7 Å². The minimum Gasteiger partial charge on any atom is -0.410 e. The molecule has 17 heteroatoms. The number of hydrogen-bond acceptors (Lipinski definition) is 12. The lowest BCUT2D eigenvalue weighted by Gasteiger charge is -2.34. The second-order valence-electron chi connectivity index (χ2n) is 16.0. The van der Waals surface area contributed by atoms with E-state index in [9.17, 15) is 26.6 Å². The summed E-state index contributed by atoms with van der Waals surface area (Å²) >= 11 is 0. The maximum absolute atomic E-state index is 14.0. The molecule has 4 atom stereocenters. The standard InChI is InChI=1S/C37H55N4O10PS2/c1-24(2)21-49-52(43,50-22-25(3)4)51-23-48-39-37-32-11-9-30(53(44,45)40-17-26(5)13-27(6)18-40)15-34(32)36(38-42)35-16-31(10-12-33(35)37)54(46,47)41-19-28(7)14-29(8)20-41/h9-12,15-16,24-29,42H,13-14,17-23H2,1-8H3/b38-36-,39-37+/t26-,27+,28-,29?/m1/s1. The van der Waals surface area contributed by atoms with Crippen LogP contribution in [-0.4, -0.2) is 88.3 Å². The fourth-order valence-corrected chi connectivity index (χ4v) is 12.1. The maximum atomic E-state index is 14.0. The number of rotatable bonds is 14. The molecule has 3 aliphatic rings. The minimum absolute atomic E-state index is 0.0126. The van der Waals surface area contributed by atoms with E-state index in [2.05, 4.69) is 10.3 Å². The first kappa shape index (κ1) is 42.5. The van der Waals surface area contributed by atoms with Crippen LogP contribution in [0.4, 0.5) is 0 Å². The zero-order valence-electron chi connectivity index (χ0n) is 32.5. The fraction of sp³-hybridized carbons (Fsp3) is 0.622. The molecule has 1 N–H and O–H groups in total. The van der Waals surface area contributed by atoms with Gasteiger partial charge in [0.15, 0.2) is 0 Å². The van der Waals surface area contributed by atoms with Crippen molar-refractivity contribution in [3.8, 4) is 0 Å². The Morgan fingerprint density at radius 1 is 0.685 bits per heavy atom. The number of oxime groups is 2. The van der Waals surface area contributed by atoms with Crippen molar-refractivity contribution in [2.24, 2.45) is 45.8 Å². The van der Waals surface area contributed by atoms with E-state index in [0.717, 1.165) is 12.8 Å². The topological polar surface area (TPSA) is 174 Å². The van der Waals surface area contributed by atoms with Crippen LogP contribution in [0.3, 0.4) is 0 Å². The Kier molecular flexibility index (Phi) is 13.5. The summed E-state index contributed by atoms with van der Waals surface area (Å²) < 4.78 is 88.9. The van der Waals surface area contributed by atoms with Gasteiger partial charge >= 0.3 is 7.82 Å². The van der Waals surface area contributed by atoms with E-state index in [1.54, 1.807) is 12.1 Å². The summed E-state index contributed by atoms with van der Waals surface area (Å²) in [4.78, 5) is 5.55. The van der Waals surface area contributed by atoms with Crippen molar-refractivity contribution < 1.29 is 45.0 Å². The van der Waals surface area contributed by atoms with Crippen molar-refractivity contribution in [1.29, 1.82) is 0 Å². The van der Waals surface area contributed by atoms with Crippen LogP contribution in [0, 0.1) is 35.5 Å². The van der Waals surface area contributed by atoms with Crippen molar-refractivity contribution in [1.82, 2.24) is 8.61 Å². The predicted octanol–water partition coefficient (Wildman–Crippen LogP) is 6.76. The molecule has 0 bridgehead atoms. The van der Waals surface area contributed by atoms with E-state index >= 15 is 0 Å². The van der Waals surface area contributed by atoms with Gasteiger partial charge in [-0.15, -0.1) is 0 Å². The third-order valence-electron chi connectivity index (χ3n) is 9.60. The van der Waals surface area contributed by atoms with Gasteiger partial charge in [0.05, 0.1) is 23.0 Å². The van der Waals surface area contributed by atoms with Crippen LogP contribution in [0.15, 0.2) is 56.5 Å². The smallest absolute Gasteiger partial charge is 0.410 e. The third-order valence-corrected chi connectivity index (χ3v) is 14.6. The number of hydrogen-bond donors (Lipinski definition) is 1. The zero-order chi connectivity index (χ0) is 39.6. The van der Waals surface area contributed by atoms with Crippen LogP contribution in [0.25, 0.3) is 0 Å². The Bertz CT molecular complexity index is 1860. The number of sulfonamides is 2. The molecule has 14 nitrogen and oxygen atoms in total. The van der Waals surface area contributed by atoms with Gasteiger partial charge in [0.25, 0.3) is 0 Å².